The molecule has 4 atom stereocenters. The summed E-state index contributed by atoms with van der Waals surface area (Å²) >= 11 is 6.33. The van der Waals surface area contributed by atoms with Gasteiger partial charge in [-0.05, 0) is 66.4 Å². The second-order valence-electron chi connectivity index (χ2n) is 10.5. The Morgan fingerprint density at radius 3 is 2.39 bits per heavy atom. The van der Waals surface area contributed by atoms with Crippen molar-refractivity contribution in [2.75, 3.05) is 26.1 Å². The molecule has 10 nitrogen and oxygen atoms in total. The van der Waals surface area contributed by atoms with Crippen LogP contribution in [0.25, 0.3) is 0 Å². The number of benzene rings is 3. The Hall–Kier alpha value is -4.28. The van der Waals surface area contributed by atoms with Crippen molar-refractivity contribution in [3.63, 3.8) is 0 Å². The zero-order valence-corrected chi connectivity index (χ0v) is 23.1. The van der Waals surface area contributed by atoms with Crippen LogP contribution in [-0.4, -0.2) is 59.6 Å². The number of hydrogen-bond acceptors (Lipinski definition) is 8. The largest absolute Gasteiger partial charge is 0.504 e. The fourth-order valence-corrected chi connectivity index (χ4v) is 6.63. The molecule has 3 amide bonds. The average molecular weight is 578 g/mol. The Bertz CT molecular complexity index is 1590. The zero-order chi connectivity index (χ0) is 29.1. The number of imide groups is 1. The summed E-state index contributed by atoms with van der Waals surface area (Å²) in [5, 5.41) is 26.4. The molecule has 0 unspecified atom stereocenters. The average Bonchev–Trinajstić information content (AvgIpc) is 3.53. The molecule has 3 heterocycles. The van der Waals surface area contributed by atoms with Crippen molar-refractivity contribution in [3.05, 3.63) is 76.3 Å². The molecule has 11 heteroatoms. The Kier molecular flexibility index (Phi) is 6.55. The van der Waals surface area contributed by atoms with Crippen molar-refractivity contribution in [1.29, 1.82) is 0 Å². The normalized spacial score (nSPS) is 24.5. The molecule has 0 aliphatic carbocycles. The summed E-state index contributed by atoms with van der Waals surface area (Å²) in [6.45, 7) is 0.118. The maximum Gasteiger partial charge on any atom is 0.250 e. The van der Waals surface area contributed by atoms with Crippen molar-refractivity contribution < 1.29 is 34.1 Å². The minimum absolute atomic E-state index is 0.118. The number of carbonyl (C=O) groups is 3. The van der Waals surface area contributed by atoms with E-state index in [1.165, 1.54) is 24.1 Å². The van der Waals surface area contributed by atoms with Gasteiger partial charge in [0.1, 0.15) is 5.54 Å². The predicted octanol–water partition coefficient (Wildman–Crippen LogP) is 2.97. The highest BCUT2D eigenvalue weighted by molar-refractivity contribution is 6.31. The molecule has 2 saturated heterocycles. The summed E-state index contributed by atoms with van der Waals surface area (Å²) in [5.74, 6) is -2.55. The first-order valence-corrected chi connectivity index (χ1v) is 13.5. The quantitative estimate of drug-likeness (QED) is 0.248. The van der Waals surface area contributed by atoms with Crippen molar-refractivity contribution in [2.45, 2.75) is 24.4 Å². The van der Waals surface area contributed by atoms with Crippen LogP contribution in [0.4, 0.5) is 5.69 Å². The Balaban J connectivity index is 1.36. The number of phenols is 2. The lowest BCUT2D eigenvalue weighted by Crippen LogP contribution is -2.53. The number of methoxy groups -OCH3 is 2. The number of ether oxygens (including phenoxy) is 2. The van der Waals surface area contributed by atoms with Gasteiger partial charge in [0.25, 0.3) is 0 Å². The topological polar surface area (TPSA) is 137 Å². The van der Waals surface area contributed by atoms with Gasteiger partial charge in [-0.15, -0.1) is 0 Å². The lowest BCUT2D eigenvalue weighted by molar-refractivity contribution is -0.142. The molecule has 6 rings (SSSR count). The minimum Gasteiger partial charge on any atom is -0.504 e. The van der Waals surface area contributed by atoms with Crippen molar-refractivity contribution in [3.8, 4) is 23.0 Å². The predicted molar refractivity (Wildman–Crippen MR) is 149 cm³/mol. The molecule has 0 saturated carbocycles. The van der Waals surface area contributed by atoms with Crippen LogP contribution in [0.1, 0.15) is 16.7 Å². The van der Waals surface area contributed by atoms with E-state index >= 15 is 0 Å². The fourth-order valence-electron chi connectivity index (χ4n) is 6.46. The van der Waals surface area contributed by atoms with Crippen LogP contribution >= 0.6 is 11.6 Å². The first kappa shape index (κ1) is 26.9. The maximum atomic E-state index is 14.1. The minimum atomic E-state index is -1.50. The molecule has 41 heavy (non-hydrogen) atoms. The molecule has 1 spiro atoms. The Morgan fingerprint density at radius 2 is 1.66 bits per heavy atom. The zero-order valence-electron chi connectivity index (χ0n) is 22.3. The van der Waals surface area contributed by atoms with Crippen molar-refractivity contribution in [1.82, 2.24) is 10.2 Å². The van der Waals surface area contributed by atoms with Crippen molar-refractivity contribution in [2.24, 2.45) is 11.8 Å². The van der Waals surface area contributed by atoms with Gasteiger partial charge in [0.05, 0.1) is 26.1 Å². The lowest BCUT2D eigenvalue weighted by Gasteiger charge is -2.29. The first-order valence-electron chi connectivity index (χ1n) is 13.1. The smallest absolute Gasteiger partial charge is 0.250 e. The van der Waals surface area contributed by atoms with Gasteiger partial charge in [0, 0.05) is 28.9 Å². The van der Waals surface area contributed by atoms with Crippen LogP contribution in [0, 0.1) is 11.8 Å². The van der Waals surface area contributed by atoms with Gasteiger partial charge in [0.2, 0.25) is 17.7 Å². The number of anilines is 1. The van der Waals surface area contributed by atoms with Gasteiger partial charge in [-0.1, -0.05) is 23.7 Å². The molecule has 0 bridgehead atoms. The van der Waals surface area contributed by atoms with Gasteiger partial charge < -0.3 is 25.0 Å². The Morgan fingerprint density at radius 1 is 0.902 bits per heavy atom. The molecule has 212 valence electrons. The summed E-state index contributed by atoms with van der Waals surface area (Å²) in [6, 6.07) is 14.2. The highest BCUT2D eigenvalue weighted by Gasteiger charge is 2.70. The number of halogens is 1. The van der Waals surface area contributed by atoms with Crippen LogP contribution in [0.2, 0.25) is 5.02 Å². The van der Waals surface area contributed by atoms with E-state index in [-0.39, 0.29) is 30.4 Å². The summed E-state index contributed by atoms with van der Waals surface area (Å²) in [4.78, 5) is 43.0. The van der Waals surface area contributed by atoms with Crippen molar-refractivity contribution >= 4 is 35.0 Å². The number of nitrogens with one attached hydrogen (secondary N) is 2. The number of hydrogen-bond donors (Lipinski definition) is 4. The third-order valence-corrected chi connectivity index (χ3v) is 8.57. The molecule has 2 fully saturated rings. The number of rotatable bonds is 7. The molecular formula is C30H28ClN3O7. The van der Waals surface area contributed by atoms with Gasteiger partial charge in [-0.3, -0.25) is 24.6 Å². The number of carbonyl (C=O) groups excluding carboxylic acids is 3. The van der Waals surface area contributed by atoms with E-state index in [9.17, 15) is 24.6 Å². The summed E-state index contributed by atoms with van der Waals surface area (Å²) in [6.07, 6.45) is 0.602. The molecular weight excluding hydrogens is 550 g/mol. The van der Waals surface area contributed by atoms with E-state index in [1.807, 2.05) is 6.07 Å². The summed E-state index contributed by atoms with van der Waals surface area (Å²) in [7, 11) is 3.08. The van der Waals surface area contributed by atoms with E-state index in [1.54, 1.807) is 43.5 Å². The molecule has 0 aromatic heterocycles. The van der Waals surface area contributed by atoms with Crippen LogP contribution in [-0.2, 0) is 32.8 Å². The molecule has 3 aliphatic heterocycles. The second kappa shape index (κ2) is 9.97. The molecule has 3 aromatic rings. The Labute approximate surface area is 240 Å². The van der Waals surface area contributed by atoms with E-state index < -0.39 is 35.2 Å². The molecule has 4 N–H and O–H groups in total. The monoisotopic (exact) mass is 577 g/mol. The standard InChI is InChI=1S/C30H28ClN3O7/c1-40-23-8-4-15(13-24(23)41-2)9-10-34-27(37)25-20(11-16-3-7-21(35)22(36)12-16)33-30(26(25)28(34)38)18-14-17(31)5-6-19(18)32-29(30)39/h3-8,12-14,20,25-26,33,35-36H,9-11H2,1-2H3,(H,32,39)/t20-,25+,26+,30+/m1/s1. The van der Waals surface area contributed by atoms with E-state index in [4.69, 9.17) is 21.1 Å². The SMILES string of the molecule is COc1ccc(CCN2C(=O)[C@@H]3[C@@H](C2=O)[C@]2(N[C@@H]3Cc3ccc(O)c(O)c3)C(=O)Nc3ccc(Cl)cc32)cc1OC. The summed E-state index contributed by atoms with van der Waals surface area (Å²) in [5.41, 5.74) is 1.02. The van der Waals surface area contributed by atoms with Gasteiger partial charge in [-0.25, -0.2) is 0 Å². The highest BCUT2D eigenvalue weighted by Crippen LogP contribution is 2.53. The highest BCUT2D eigenvalue weighted by atomic mass is 35.5. The van der Waals surface area contributed by atoms with Crippen LogP contribution in [0.3, 0.4) is 0 Å². The molecule has 3 aromatic carbocycles. The van der Waals surface area contributed by atoms with Crippen LogP contribution in [0.5, 0.6) is 23.0 Å². The first-order chi connectivity index (χ1) is 19.7. The third kappa shape index (κ3) is 4.17. The van der Waals surface area contributed by atoms with Crippen LogP contribution in [0.15, 0.2) is 54.6 Å². The number of fused-ring (bicyclic) bond motifs is 4. The number of aromatic hydroxyl groups is 2. The number of phenolic OH excluding ortho intramolecular Hbond substituents is 2. The van der Waals surface area contributed by atoms with Crippen LogP contribution < -0.4 is 20.1 Å². The summed E-state index contributed by atoms with van der Waals surface area (Å²) < 4.78 is 10.7. The van der Waals surface area contributed by atoms with E-state index in [0.717, 1.165) is 5.56 Å². The van der Waals surface area contributed by atoms with Gasteiger partial charge in [0.15, 0.2) is 23.0 Å². The van der Waals surface area contributed by atoms with Gasteiger partial charge >= 0.3 is 0 Å². The number of nitrogens with zero attached hydrogens (tertiary/aromatic N) is 1. The van der Waals surface area contributed by atoms with Gasteiger partial charge in [-0.2, -0.15) is 0 Å². The van der Waals surface area contributed by atoms with E-state index in [2.05, 4.69) is 10.6 Å². The maximum absolute atomic E-state index is 14.1. The molecule has 3 aliphatic rings. The number of likely N-dealkylation sites (tertiary alicyclic amines) is 1. The second-order valence-corrected chi connectivity index (χ2v) is 10.9. The van der Waals surface area contributed by atoms with E-state index in [0.29, 0.717) is 39.8 Å². The lowest BCUT2D eigenvalue weighted by atomic mass is 9.76. The third-order valence-electron chi connectivity index (χ3n) is 8.34. The number of amides is 3. The molecule has 0 radical (unpaired) electrons. The fraction of sp³-hybridized carbons (Fsp3) is 0.300.